The Bertz CT molecular complexity index is 821. The van der Waals surface area contributed by atoms with E-state index in [9.17, 15) is 9.18 Å². The zero-order valence-electron chi connectivity index (χ0n) is 10.7. The Balaban J connectivity index is 2.05. The van der Waals surface area contributed by atoms with Gasteiger partial charge in [-0.15, -0.1) is 5.10 Å². The lowest BCUT2D eigenvalue weighted by atomic mass is 10.1. The first-order valence-corrected chi connectivity index (χ1v) is 6.20. The summed E-state index contributed by atoms with van der Waals surface area (Å²) in [6.45, 7) is 0.489. The van der Waals surface area contributed by atoms with E-state index in [1.165, 1.54) is 21.2 Å². The Hall–Kier alpha value is -2.47. The number of benzene rings is 1. The van der Waals surface area contributed by atoms with E-state index in [2.05, 4.69) is 5.10 Å². The van der Waals surface area contributed by atoms with Gasteiger partial charge >= 0.3 is 5.69 Å². The van der Waals surface area contributed by atoms with Gasteiger partial charge in [0.2, 0.25) is 0 Å². The van der Waals surface area contributed by atoms with Gasteiger partial charge in [0, 0.05) is 12.7 Å². The summed E-state index contributed by atoms with van der Waals surface area (Å²) >= 11 is 0. The zero-order valence-corrected chi connectivity index (χ0v) is 10.7. The average Bonchev–Trinajstić information content (AvgIpc) is 2.78. The molecule has 0 unspecified atom stereocenters. The van der Waals surface area contributed by atoms with Crippen LogP contribution >= 0.6 is 0 Å². The van der Waals surface area contributed by atoms with Crippen molar-refractivity contribution in [1.29, 1.82) is 0 Å². The van der Waals surface area contributed by atoms with Crippen molar-refractivity contribution in [3.63, 3.8) is 0 Å². The predicted octanol–water partition coefficient (Wildman–Crippen LogP) is 1.14. The average molecular weight is 272 g/mol. The highest BCUT2D eigenvalue weighted by molar-refractivity contribution is 5.36. The molecule has 0 aliphatic heterocycles. The van der Waals surface area contributed by atoms with Gasteiger partial charge in [0.1, 0.15) is 5.82 Å². The fourth-order valence-corrected chi connectivity index (χ4v) is 2.17. The molecule has 0 aliphatic carbocycles. The van der Waals surface area contributed by atoms with Crippen molar-refractivity contribution >= 4 is 5.65 Å². The quantitative estimate of drug-likeness (QED) is 0.777. The minimum Gasteiger partial charge on any atom is -0.326 e. The third-order valence-electron chi connectivity index (χ3n) is 3.20. The lowest BCUT2D eigenvalue weighted by Gasteiger charge is -2.07. The van der Waals surface area contributed by atoms with Crippen LogP contribution in [0.15, 0.2) is 47.4 Å². The first-order chi connectivity index (χ1) is 9.69. The van der Waals surface area contributed by atoms with E-state index in [-0.39, 0.29) is 24.6 Å². The second-order valence-electron chi connectivity index (χ2n) is 4.49. The number of fused-ring (bicyclic) bond motifs is 1. The summed E-state index contributed by atoms with van der Waals surface area (Å²) in [5, 5.41) is 4.24. The number of halogens is 1. The molecule has 0 bridgehead atoms. The second-order valence-corrected chi connectivity index (χ2v) is 4.49. The van der Waals surface area contributed by atoms with Gasteiger partial charge in [-0.1, -0.05) is 12.1 Å². The molecule has 0 aliphatic rings. The fourth-order valence-electron chi connectivity index (χ4n) is 2.17. The molecule has 3 rings (SSSR count). The van der Waals surface area contributed by atoms with Gasteiger partial charge < -0.3 is 5.73 Å². The van der Waals surface area contributed by atoms with Gasteiger partial charge in [-0.25, -0.2) is 13.9 Å². The Morgan fingerprint density at radius 2 is 2.05 bits per heavy atom. The lowest BCUT2D eigenvalue weighted by Crippen LogP contribution is -2.22. The van der Waals surface area contributed by atoms with Gasteiger partial charge in [0.05, 0.1) is 6.54 Å². The van der Waals surface area contributed by atoms with Crippen molar-refractivity contribution in [2.24, 2.45) is 5.73 Å². The van der Waals surface area contributed by atoms with Crippen LogP contribution in [0.3, 0.4) is 0 Å². The number of pyridine rings is 1. The van der Waals surface area contributed by atoms with Gasteiger partial charge in [-0.2, -0.15) is 0 Å². The molecule has 0 radical (unpaired) electrons. The maximum absolute atomic E-state index is 13.2. The van der Waals surface area contributed by atoms with E-state index < -0.39 is 0 Å². The molecule has 20 heavy (non-hydrogen) atoms. The van der Waals surface area contributed by atoms with Crippen LogP contribution in [-0.2, 0) is 13.1 Å². The molecule has 2 heterocycles. The van der Waals surface area contributed by atoms with Gasteiger partial charge in [-0.05, 0) is 35.4 Å². The summed E-state index contributed by atoms with van der Waals surface area (Å²) < 4.78 is 16.0. The Morgan fingerprint density at radius 3 is 2.80 bits per heavy atom. The molecular weight excluding hydrogens is 259 g/mol. The number of hydrogen-bond donors (Lipinski definition) is 1. The number of nitrogens with two attached hydrogens (primary N) is 1. The minimum absolute atomic E-state index is 0.217. The van der Waals surface area contributed by atoms with Crippen LogP contribution in [0.4, 0.5) is 4.39 Å². The topological polar surface area (TPSA) is 65.3 Å². The van der Waals surface area contributed by atoms with Crippen molar-refractivity contribution < 1.29 is 4.39 Å². The monoisotopic (exact) mass is 272 g/mol. The Labute approximate surface area is 114 Å². The van der Waals surface area contributed by atoms with Crippen LogP contribution in [0.25, 0.3) is 5.65 Å². The van der Waals surface area contributed by atoms with Crippen LogP contribution in [0, 0.1) is 5.82 Å². The third kappa shape index (κ3) is 2.10. The molecule has 2 aromatic heterocycles. The van der Waals surface area contributed by atoms with E-state index in [0.717, 1.165) is 5.56 Å². The van der Waals surface area contributed by atoms with Gasteiger partial charge in [0.25, 0.3) is 0 Å². The summed E-state index contributed by atoms with van der Waals surface area (Å²) in [6, 6.07) is 9.71. The van der Waals surface area contributed by atoms with Crippen LogP contribution in [0.1, 0.15) is 11.1 Å². The maximum Gasteiger partial charge on any atom is 0.350 e. The number of rotatable bonds is 3. The van der Waals surface area contributed by atoms with E-state index in [1.807, 2.05) is 6.07 Å². The van der Waals surface area contributed by atoms with Crippen LogP contribution in [-0.4, -0.2) is 14.2 Å². The summed E-state index contributed by atoms with van der Waals surface area (Å²) in [7, 11) is 0. The molecule has 5 nitrogen and oxygen atoms in total. The van der Waals surface area contributed by atoms with Crippen LogP contribution in [0.2, 0.25) is 0 Å². The molecule has 2 N–H and O–H groups in total. The first kappa shape index (κ1) is 12.6. The Kier molecular flexibility index (Phi) is 3.08. The first-order valence-electron chi connectivity index (χ1n) is 6.20. The Morgan fingerprint density at radius 1 is 1.20 bits per heavy atom. The predicted molar refractivity (Wildman–Crippen MR) is 72.8 cm³/mol. The van der Waals surface area contributed by atoms with Gasteiger partial charge in [0.15, 0.2) is 5.65 Å². The van der Waals surface area contributed by atoms with Crippen molar-refractivity contribution in [3.05, 3.63) is 70.0 Å². The third-order valence-corrected chi connectivity index (χ3v) is 3.20. The summed E-state index contributed by atoms with van der Waals surface area (Å²) in [5.41, 5.74) is 7.42. The lowest BCUT2D eigenvalue weighted by molar-refractivity contribution is 0.617. The zero-order chi connectivity index (χ0) is 14.1. The molecule has 0 saturated carbocycles. The highest BCUT2D eigenvalue weighted by Gasteiger charge is 2.09. The molecule has 0 fully saturated rings. The van der Waals surface area contributed by atoms with Crippen LogP contribution < -0.4 is 11.4 Å². The van der Waals surface area contributed by atoms with Crippen molar-refractivity contribution in [2.45, 2.75) is 13.1 Å². The molecule has 0 amide bonds. The number of aromatic nitrogens is 3. The number of hydrogen-bond acceptors (Lipinski definition) is 3. The molecule has 0 spiro atoms. The largest absolute Gasteiger partial charge is 0.350 e. The number of nitrogens with zero attached hydrogens (tertiary/aromatic N) is 3. The molecule has 3 aromatic rings. The molecule has 102 valence electrons. The molecule has 0 saturated heterocycles. The van der Waals surface area contributed by atoms with Crippen molar-refractivity contribution in [2.75, 3.05) is 0 Å². The fraction of sp³-hybridized carbons (Fsp3) is 0.143. The van der Waals surface area contributed by atoms with Gasteiger partial charge in [-0.3, -0.25) is 4.40 Å². The molecule has 6 heteroatoms. The standard InChI is InChI=1S/C14H13FN4O/c15-12-5-4-10(11(7-12)8-16)9-19-14(20)18-6-2-1-3-13(18)17-19/h1-7H,8-9,16H2. The van der Waals surface area contributed by atoms with Crippen molar-refractivity contribution in [1.82, 2.24) is 14.2 Å². The summed E-state index contributed by atoms with van der Waals surface area (Å²) in [5.74, 6) is -0.337. The maximum atomic E-state index is 13.2. The highest BCUT2D eigenvalue weighted by Crippen LogP contribution is 2.12. The second kappa shape index (κ2) is 4.90. The molecule has 1 aromatic carbocycles. The van der Waals surface area contributed by atoms with E-state index in [4.69, 9.17) is 5.73 Å². The van der Waals surface area contributed by atoms with E-state index in [0.29, 0.717) is 11.2 Å². The SMILES string of the molecule is NCc1cc(F)ccc1Cn1nc2ccccn2c1=O. The smallest absolute Gasteiger partial charge is 0.326 e. The minimum atomic E-state index is -0.337. The summed E-state index contributed by atoms with van der Waals surface area (Å²) in [6.07, 6.45) is 1.66. The van der Waals surface area contributed by atoms with Crippen molar-refractivity contribution in [3.8, 4) is 0 Å². The highest BCUT2D eigenvalue weighted by atomic mass is 19.1. The van der Waals surface area contributed by atoms with E-state index in [1.54, 1.807) is 24.4 Å². The normalized spacial score (nSPS) is 11.1. The van der Waals surface area contributed by atoms with E-state index >= 15 is 0 Å². The molecular formula is C14H13FN4O. The van der Waals surface area contributed by atoms with Crippen LogP contribution in [0.5, 0.6) is 0 Å². The molecule has 0 atom stereocenters. The summed E-state index contributed by atoms with van der Waals surface area (Å²) in [4.78, 5) is 12.2.